The van der Waals surface area contributed by atoms with Crippen LogP contribution in [0.4, 0.5) is 16.2 Å². The normalized spacial score (nSPS) is 16.9. The van der Waals surface area contributed by atoms with Crippen molar-refractivity contribution in [2.75, 3.05) is 18.1 Å². The number of para-hydroxylation sites is 1. The van der Waals surface area contributed by atoms with Crippen LogP contribution in [0.15, 0.2) is 72.8 Å². The molecule has 8 nitrogen and oxygen atoms in total. The highest BCUT2D eigenvalue weighted by Crippen LogP contribution is 2.35. The van der Waals surface area contributed by atoms with Crippen molar-refractivity contribution in [3.05, 3.63) is 83.9 Å². The number of fused-ring (bicyclic) bond motifs is 1. The summed E-state index contributed by atoms with van der Waals surface area (Å²) < 4.78 is 11.0. The smallest absolute Gasteiger partial charge is 0.419 e. The number of phenols is 1. The van der Waals surface area contributed by atoms with Crippen molar-refractivity contribution in [3.63, 3.8) is 0 Å². The highest BCUT2D eigenvalue weighted by Gasteiger charge is 2.35. The zero-order valence-electron chi connectivity index (χ0n) is 18.4. The molecule has 1 atom stereocenters. The second kappa shape index (κ2) is 9.84. The van der Waals surface area contributed by atoms with E-state index in [-0.39, 0.29) is 18.8 Å². The van der Waals surface area contributed by atoms with E-state index >= 15 is 0 Å². The lowest BCUT2D eigenvalue weighted by atomic mass is 9.80. The van der Waals surface area contributed by atoms with E-state index in [1.54, 1.807) is 48.5 Å². The Morgan fingerprint density at radius 2 is 1.65 bits per heavy atom. The van der Waals surface area contributed by atoms with Crippen LogP contribution in [0.2, 0.25) is 0 Å². The van der Waals surface area contributed by atoms with Crippen LogP contribution in [0, 0.1) is 0 Å². The summed E-state index contributed by atoms with van der Waals surface area (Å²) in [5.74, 6) is -0.498. The zero-order chi connectivity index (χ0) is 24.1. The number of aromatic hydroxyl groups is 1. The molecule has 0 bridgehead atoms. The molecule has 0 aliphatic heterocycles. The number of carbonyl (C=O) groups is 2. The summed E-state index contributed by atoms with van der Waals surface area (Å²) in [6.07, 6.45) is 0.365. The van der Waals surface area contributed by atoms with Crippen molar-refractivity contribution >= 4 is 23.4 Å². The molecular formula is C26H25NO7. The quantitative estimate of drug-likeness (QED) is 0.484. The van der Waals surface area contributed by atoms with Gasteiger partial charge in [0.15, 0.2) is 6.61 Å². The Labute approximate surface area is 196 Å². The first kappa shape index (κ1) is 23.1. The summed E-state index contributed by atoms with van der Waals surface area (Å²) in [7, 11) is 0. The molecule has 1 aliphatic rings. The van der Waals surface area contributed by atoms with E-state index in [2.05, 4.69) is 0 Å². The van der Waals surface area contributed by atoms with E-state index in [1.807, 2.05) is 12.1 Å². The molecule has 4 rings (SSSR count). The number of amides is 1. The third-order valence-corrected chi connectivity index (χ3v) is 5.71. The molecule has 3 aromatic carbocycles. The molecule has 1 amide bonds. The van der Waals surface area contributed by atoms with E-state index < -0.39 is 24.3 Å². The van der Waals surface area contributed by atoms with Gasteiger partial charge in [-0.15, -0.1) is 0 Å². The van der Waals surface area contributed by atoms with Crippen LogP contribution < -0.4 is 9.64 Å². The molecule has 3 aromatic rings. The van der Waals surface area contributed by atoms with Gasteiger partial charge in [0.25, 0.3) is 0 Å². The molecule has 176 valence electrons. The van der Waals surface area contributed by atoms with Crippen LogP contribution in [0.3, 0.4) is 0 Å². The Bertz CT molecular complexity index is 1160. The van der Waals surface area contributed by atoms with Gasteiger partial charge in [0, 0.05) is 6.42 Å². The number of aliphatic carboxylic acids is 1. The minimum absolute atomic E-state index is 0.0759. The number of hydrogen-bond donors (Lipinski definition) is 3. The third kappa shape index (κ3) is 5.29. The van der Waals surface area contributed by atoms with Crippen molar-refractivity contribution < 1.29 is 34.4 Å². The molecule has 0 heterocycles. The highest BCUT2D eigenvalue weighted by atomic mass is 16.6. The fourth-order valence-corrected chi connectivity index (χ4v) is 4.06. The number of nitrogens with zero attached hydrogens (tertiary/aromatic N) is 1. The maximum Gasteiger partial charge on any atom is 0.419 e. The number of aliphatic hydroxyl groups is 1. The Morgan fingerprint density at radius 3 is 2.35 bits per heavy atom. The van der Waals surface area contributed by atoms with E-state index in [9.17, 15) is 19.8 Å². The van der Waals surface area contributed by atoms with Crippen LogP contribution in [0.25, 0.3) is 0 Å². The second-order valence-corrected chi connectivity index (χ2v) is 8.22. The van der Waals surface area contributed by atoms with Crippen LogP contribution in [-0.4, -0.2) is 46.2 Å². The number of ether oxygens (including phenoxy) is 2. The maximum absolute atomic E-state index is 13.1. The molecule has 0 unspecified atom stereocenters. The van der Waals surface area contributed by atoms with E-state index in [1.165, 1.54) is 17.0 Å². The van der Waals surface area contributed by atoms with Crippen LogP contribution in [-0.2, 0) is 22.4 Å². The van der Waals surface area contributed by atoms with E-state index in [4.69, 9.17) is 14.6 Å². The van der Waals surface area contributed by atoms with E-state index in [0.717, 1.165) is 11.1 Å². The zero-order valence-corrected chi connectivity index (χ0v) is 18.4. The summed E-state index contributed by atoms with van der Waals surface area (Å²) in [5.41, 5.74) is 1.50. The number of carboxylic acids is 1. The van der Waals surface area contributed by atoms with Gasteiger partial charge in [-0.2, -0.15) is 0 Å². The topological polar surface area (TPSA) is 117 Å². The number of benzene rings is 3. The van der Waals surface area contributed by atoms with Crippen molar-refractivity contribution in [2.24, 2.45) is 0 Å². The first-order valence-corrected chi connectivity index (χ1v) is 10.8. The van der Waals surface area contributed by atoms with E-state index in [0.29, 0.717) is 30.0 Å². The first-order valence-electron chi connectivity index (χ1n) is 10.8. The molecule has 34 heavy (non-hydrogen) atoms. The third-order valence-electron chi connectivity index (χ3n) is 5.71. The van der Waals surface area contributed by atoms with Gasteiger partial charge < -0.3 is 24.8 Å². The summed E-state index contributed by atoms with van der Waals surface area (Å²) >= 11 is 0. The first-order chi connectivity index (χ1) is 16.3. The van der Waals surface area contributed by atoms with Crippen molar-refractivity contribution in [1.82, 2.24) is 0 Å². The Kier molecular flexibility index (Phi) is 6.70. The molecule has 3 N–H and O–H groups in total. The predicted molar refractivity (Wildman–Crippen MR) is 125 cm³/mol. The predicted octanol–water partition coefficient (Wildman–Crippen LogP) is 4.05. The summed E-state index contributed by atoms with van der Waals surface area (Å²) in [4.78, 5) is 25.3. The van der Waals surface area contributed by atoms with Gasteiger partial charge in [0.2, 0.25) is 0 Å². The van der Waals surface area contributed by atoms with Crippen molar-refractivity contribution in [1.29, 1.82) is 0 Å². The lowest BCUT2D eigenvalue weighted by molar-refractivity contribution is -0.139. The molecule has 0 saturated carbocycles. The van der Waals surface area contributed by atoms with Gasteiger partial charge >= 0.3 is 12.1 Å². The highest BCUT2D eigenvalue weighted by molar-refractivity contribution is 5.96. The number of carboxylic acid groups (broad SMARTS) is 1. The Hall–Kier alpha value is -4.04. The van der Waals surface area contributed by atoms with Gasteiger partial charge in [0.05, 0.1) is 11.4 Å². The van der Waals surface area contributed by atoms with Crippen LogP contribution >= 0.6 is 0 Å². The number of hydrogen-bond acceptors (Lipinski definition) is 6. The van der Waals surface area contributed by atoms with Crippen molar-refractivity contribution in [3.8, 4) is 11.5 Å². The second-order valence-electron chi connectivity index (χ2n) is 8.22. The summed E-state index contributed by atoms with van der Waals surface area (Å²) in [5, 5.41) is 29.7. The standard InChI is InChI=1S/C26H25NO7/c28-21-11-9-20(10-12-21)27(19-6-2-1-3-7-19)25(31)34-17-26(32)14-13-22-18(15-26)5-4-8-23(22)33-16-24(29)30/h1-12,28,32H,13-17H2,(H,29,30)/t26-/m1/s1. The Morgan fingerprint density at radius 1 is 0.941 bits per heavy atom. The van der Waals surface area contributed by atoms with Gasteiger partial charge in [-0.25, -0.2) is 14.5 Å². The lowest BCUT2D eigenvalue weighted by Crippen LogP contribution is -2.42. The average Bonchev–Trinajstić information content (AvgIpc) is 2.83. The average molecular weight is 463 g/mol. The van der Waals surface area contributed by atoms with Gasteiger partial charge in [0.1, 0.15) is 23.7 Å². The number of anilines is 2. The van der Waals surface area contributed by atoms with Crippen LogP contribution in [0.1, 0.15) is 17.5 Å². The lowest BCUT2D eigenvalue weighted by Gasteiger charge is -2.34. The maximum atomic E-state index is 13.1. The minimum Gasteiger partial charge on any atom is -0.508 e. The summed E-state index contributed by atoms with van der Waals surface area (Å²) in [6.45, 7) is -0.655. The SMILES string of the molecule is O=C(O)COc1cccc2c1CC[C@](O)(COC(=O)N(c1ccccc1)c1ccc(O)cc1)C2. The molecule has 0 fully saturated rings. The van der Waals surface area contributed by atoms with Gasteiger partial charge in [-0.3, -0.25) is 0 Å². The fraction of sp³-hybridized carbons (Fsp3) is 0.231. The number of carbonyl (C=O) groups excluding carboxylic acids is 1. The Balaban J connectivity index is 1.49. The fourth-order valence-electron chi connectivity index (χ4n) is 4.06. The monoisotopic (exact) mass is 463 g/mol. The largest absolute Gasteiger partial charge is 0.508 e. The van der Waals surface area contributed by atoms with Crippen molar-refractivity contribution in [2.45, 2.75) is 24.9 Å². The molecular weight excluding hydrogens is 438 g/mol. The van der Waals surface area contributed by atoms with Gasteiger partial charge in [-0.05, 0) is 66.4 Å². The van der Waals surface area contributed by atoms with Crippen LogP contribution in [0.5, 0.6) is 11.5 Å². The molecule has 0 spiro atoms. The molecule has 1 aliphatic carbocycles. The minimum atomic E-state index is -1.27. The molecule has 0 aromatic heterocycles. The molecule has 0 saturated heterocycles. The van der Waals surface area contributed by atoms with Gasteiger partial charge in [-0.1, -0.05) is 30.3 Å². The number of rotatable bonds is 7. The summed E-state index contributed by atoms with van der Waals surface area (Å²) in [6, 6.07) is 20.4. The molecule has 8 heteroatoms. The number of phenolic OH excluding ortho intramolecular Hbond substituents is 1. The molecule has 0 radical (unpaired) electrons.